The van der Waals surface area contributed by atoms with Crippen LogP contribution in [0, 0.1) is 11.2 Å². The second-order valence-electron chi connectivity index (χ2n) is 4.99. The molecule has 1 aromatic carbocycles. The third kappa shape index (κ3) is 2.67. The molecule has 0 spiro atoms. The van der Waals surface area contributed by atoms with Crippen molar-refractivity contribution in [2.24, 2.45) is 5.41 Å². The van der Waals surface area contributed by atoms with E-state index in [1.807, 2.05) is 0 Å². The van der Waals surface area contributed by atoms with Crippen LogP contribution in [0.5, 0.6) is 0 Å². The van der Waals surface area contributed by atoms with Gasteiger partial charge in [0, 0.05) is 6.54 Å². The quantitative estimate of drug-likeness (QED) is 0.860. The minimum absolute atomic E-state index is 0.121. The number of nitrogens with one attached hydrogen (secondary N) is 1. The average Bonchev–Trinajstić information content (AvgIpc) is 3.04. The molecule has 1 aliphatic rings. The Kier molecular flexibility index (Phi) is 3.07. The average molecular weight is 251 g/mol. The van der Waals surface area contributed by atoms with Crippen molar-refractivity contribution in [3.05, 3.63) is 35.1 Å². The van der Waals surface area contributed by atoms with Crippen molar-refractivity contribution in [3.63, 3.8) is 0 Å². The summed E-state index contributed by atoms with van der Waals surface area (Å²) in [6.45, 7) is 2.57. The van der Waals surface area contributed by atoms with Gasteiger partial charge in [-0.1, -0.05) is 6.92 Å². The Morgan fingerprint density at radius 3 is 2.61 bits per heavy atom. The summed E-state index contributed by atoms with van der Waals surface area (Å²) in [6.07, 6.45) is 2.13. The van der Waals surface area contributed by atoms with Gasteiger partial charge in [0.1, 0.15) is 5.82 Å². The number of carboxylic acid groups (broad SMARTS) is 1. The van der Waals surface area contributed by atoms with Crippen molar-refractivity contribution in [2.75, 3.05) is 6.54 Å². The number of aromatic carboxylic acids is 1. The van der Waals surface area contributed by atoms with Crippen LogP contribution < -0.4 is 5.32 Å². The molecule has 4 nitrogen and oxygen atoms in total. The van der Waals surface area contributed by atoms with E-state index in [1.165, 1.54) is 12.1 Å². The van der Waals surface area contributed by atoms with E-state index in [2.05, 4.69) is 12.2 Å². The lowest BCUT2D eigenvalue weighted by molar-refractivity contribution is 0.0695. The minimum atomic E-state index is -1.22. The normalized spacial score (nSPS) is 16.1. The van der Waals surface area contributed by atoms with Gasteiger partial charge in [0.25, 0.3) is 5.91 Å². The van der Waals surface area contributed by atoms with Crippen LogP contribution >= 0.6 is 0 Å². The second-order valence-corrected chi connectivity index (χ2v) is 4.99. The summed E-state index contributed by atoms with van der Waals surface area (Å²) in [5.74, 6) is -2.53. The summed E-state index contributed by atoms with van der Waals surface area (Å²) in [7, 11) is 0. The van der Waals surface area contributed by atoms with Gasteiger partial charge in [-0.05, 0) is 36.5 Å². The maximum atomic E-state index is 13.6. The smallest absolute Gasteiger partial charge is 0.335 e. The largest absolute Gasteiger partial charge is 0.478 e. The highest BCUT2D eigenvalue weighted by atomic mass is 19.1. The van der Waals surface area contributed by atoms with E-state index in [1.54, 1.807) is 0 Å². The Bertz CT molecular complexity index is 509. The van der Waals surface area contributed by atoms with Crippen LogP contribution in [-0.4, -0.2) is 23.5 Å². The summed E-state index contributed by atoms with van der Waals surface area (Å²) in [4.78, 5) is 22.4. The molecule has 1 fully saturated rings. The lowest BCUT2D eigenvalue weighted by Crippen LogP contribution is -2.29. The van der Waals surface area contributed by atoms with E-state index >= 15 is 0 Å². The molecule has 0 saturated heterocycles. The SMILES string of the molecule is CC1(CNC(=O)c2ccc(C(=O)O)cc2F)CC1. The van der Waals surface area contributed by atoms with Crippen LogP contribution in [-0.2, 0) is 0 Å². The lowest BCUT2D eigenvalue weighted by atomic mass is 10.1. The fourth-order valence-corrected chi connectivity index (χ4v) is 1.61. The van der Waals surface area contributed by atoms with Crippen LogP contribution in [0.25, 0.3) is 0 Å². The Hall–Kier alpha value is -1.91. The number of hydrogen-bond acceptors (Lipinski definition) is 2. The molecular formula is C13H14FNO3. The number of carbonyl (C=O) groups excluding carboxylic acids is 1. The Morgan fingerprint density at radius 2 is 2.11 bits per heavy atom. The molecule has 2 N–H and O–H groups in total. The molecule has 0 bridgehead atoms. The van der Waals surface area contributed by atoms with Crippen LogP contribution in [0.15, 0.2) is 18.2 Å². The summed E-state index contributed by atoms with van der Waals surface area (Å²) in [5, 5.41) is 11.4. The van der Waals surface area contributed by atoms with Crippen molar-refractivity contribution in [2.45, 2.75) is 19.8 Å². The van der Waals surface area contributed by atoms with Gasteiger partial charge in [-0.25, -0.2) is 9.18 Å². The molecule has 1 saturated carbocycles. The fraction of sp³-hybridized carbons (Fsp3) is 0.385. The number of hydrogen-bond donors (Lipinski definition) is 2. The maximum absolute atomic E-state index is 13.6. The minimum Gasteiger partial charge on any atom is -0.478 e. The number of carbonyl (C=O) groups is 2. The van der Waals surface area contributed by atoms with E-state index in [9.17, 15) is 14.0 Å². The highest BCUT2D eigenvalue weighted by molar-refractivity contribution is 5.96. The number of halogens is 1. The number of rotatable bonds is 4. The monoisotopic (exact) mass is 251 g/mol. The van der Waals surface area contributed by atoms with Gasteiger partial charge < -0.3 is 10.4 Å². The predicted octanol–water partition coefficient (Wildman–Crippen LogP) is 2.05. The van der Waals surface area contributed by atoms with Crippen molar-refractivity contribution in [3.8, 4) is 0 Å². The van der Waals surface area contributed by atoms with Gasteiger partial charge in [-0.15, -0.1) is 0 Å². The van der Waals surface area contributed by atoms with E-state index < -0.39 is 17.7 Å². The number of benzene rings is 1. The van der Waals surface area contributed by atoms with E-state index in [0.717, 1.165) is 18.9 Å². The van der Waals surface area contributed by atoms with Crippen molar-refractivity contribution < 1.29 is 19.1 Å². The Morgan fingerprint density at radius 1 is 1.44 bits per heavy atom. The molecular weight excluding hydrogens is 237 g/mol. The zero-order chi connectivity index (χ0) is 13.3. The molecule has 0 unspecified atom stereocenters. The number of amides is 1. The first-order valence-corrected chi connectivity index (χ1v) is 5.72. The molecule has 1 aliphatic carbocycles. The third-order valence-electron chi connectivity index (χ3n) is 3.24. The summed E-state index contributed by atoms with van der Waals surface area (Å²) in [6, 6.07) is 3.28. The number of carboxylic acids is 1. The van der Waals surface area contributed by atoms with Crippen LogP contribution in [0.3, 0.4) is 0 Å². The zero-order valence-corrected chi connectivity index (χ0v) is 10.00. The first-order valence-electron chi connectivity index (χ1n) is 5.72. The van der Waals surface area contributed by atoms with Gasteiger partial charge >= 0.3 is 5.97 Å². The first-order chi connectivity index (χ1) is 8.41. The first kappa shape index (κ1) is 12.5. The zero-order valence-electron chi connectivity index (χ0n) is 10.00. The molecule has 0 atom stereocenters. The van der Waals surface area contributed by atoms with Gasteiger partial charge in [0.05, 0.1) is 11.1 Å². The van der Waals surface area contributed by atoms with Gasteiger partial charge in [0.2, 0.25) is 0 Å². The molecule has 0 aromatic heterocycles. The molecule has 1 amide bonds. The van der Waals surface area contributed by atoms with Crippen LogP contribution in [0.4, 0.5) is 4.39 Å². The van der Waals surface area contributed by atoms with Crippen molar-refractivity contribution in [1.29, 1.82) is 0 Å². The molecule has 96 valence electrons. The van der Waals surface area contributed by atoms with Gasteiger partial charge in [-0.2, -0.15) is 0 Å². The van der Waals surface area contributed by atoms with Gasteiger partial charge in [0.15, 0.2) is 0 Å². The predicted molar refractivity (Wildman–Crippen MR) is 63.0 cm³/mol. The Balaban J connectivity index is 2.07. The topological polar surface area (TPSA) is 66.4 Å². The summed E-state index contributed by atoms with van der Waals surface area (Å²) >= 11 is 0. The summed E-state index contributed by atoms with van der Waals surface area (Å²) < 4.78 is 13.6. The van der Waals surface area contributed by atoms with Crippen LogP contribution in [0.2, 0.25) is 0 Å². The molecule has 18 heavy (non-hydrogen) atoms. The Labute approximate surface area is 104 Å². The van der Waals surface area contributed by atoms with E-state index in [4.69, 9.17) is 5.11 Å². The molecule has 0 aliphatic heterocycles. The summed E-state index contributed by atoms with van der Waals surface area (Å²) in [5.41, 5.74) is -0.143. The van der Waals surface area contributed by atoms with Crippen molar-refractivity contribution >= 4 is 11.9 Å². The second kappa shape index (κ2) is 4.40. The van der Waals surface area contributed by atoms with E-state index in [0.29, 0.717) is 6.54 Å². The molecule has 0 radical (unpaired) electrons. The molecule has 0 heterocycles. The highest BCUT2D eigenvalue weighted by Crippen LogP contribution is 2.44. The fourth-order valence-electron chi connectivity index (χ4n) is 1.61. The molecule has 1 aromatic rings. The maximum Gasteiger partial charge on any atom is 0.335 e. The third-order valence-corrected chi connectivity index (χ3v) is 3.24. The highest BCUT2D eigenvalue weighted by Gasteiger charge is 2.37. The van der Waals surface area contributed by atoms with Crippen molar-refractivity contribution in [1.82, 2.24) is 5.32 Å². The van der Waals surface area contributed by atoms with Gasteiger partial charge in [-0.3, -0.25) is 4.79 Å². The van der Waals surface area contributed by atoms with E-state index in [-0.39, 0.29) is 16.5 Å². The van der Waals surface area contributed by atoms with Crippen LogP contribution in [0.1, 0.15) is 40.5 Å². The molecule has 5 heteroatoms. The standard InChI is InChI=1S/C13H14FNO3/c1-13(4-5-13)7-15-11(16)9-3-2-8(12(17)18)6-10(9)14/h2-3,6H,4-5,7H2,1H3,(H,15,16)(H,17,18). The lowest BCUT2D eigenvalue weighted by Gasteiger charge is -2.10. The molecule has 2 rings (SSSR count).